The molecule has 0 spiro atoms. The lowest BCUT2D eigenvalue weighted by Crippen LogP contribution is -2.14. The Kier molecular flexibility index (Phi) is 11.1. The van der Waals surface area contributed by atoms with Gasteiger partial charge in [0.1, 0.15) is 30.0 Å². The summed E-state index contributed by atoms with van der Waals surface area (Å²) in [7, 11) is -1.35. The smallest absolute Gasteiger partial charge is 0.224 e. The van der Waals surface area contributed by atoms with Gasteiger partial charge in [0.15, 0.2) is 0 Å². The molecule has 13 heteroatoms. The number of carbonyl (C=O) groups is 1. The van der Waals surface area contributed by atoms with E-state index in [2.05, 4.69) is 21.7 Å². The largest absolute Gasteiger partial charge is 0.492 e. The minimum absolute atomic E-state index is 0.114. The third-order valence-corrected chi connectivity index (χ3v) is 12.2. The van der Waals surface area contributed by atoms with Crippen LogP contribution in [-0.4, -0.2) is 37.6 Å². The van der Waals surface area contributed by atoms with E-state index in [4.69, 9.17) is 21.1 Å². The van der Waals surface area contributed by atoms with Crippen molar-refractivity contribution in [2.45, 2.75) is 50.9 Å². The van der Waals surface area contributed by atoms with E-state index >= 15 is 0 Å². The van der Waals surface area contributed by atoms with Crippen LogP contribution < -0.4 is 20.1 Å². The van der Waals surface area contributed by atoms with Gasteiger partial charge in [0, 0.05) is 35.5 Å². The molecule has 0 radical (unpaired) electrons. The third kappa shape index (κ3) is 8.34. The van der Waals surface area contributed by atoms with Crippen LogP contribution >= 0.6 is 32.0 Å². The van der Waals surface area contributed by atoms with E-state index in [1.54, 1.807) is 42.5 Å². The van der Waals surface area contributed by atoms with Crippen molar-refractivity contribution in [1.29, 1.82) is 5.26 Å². The van der Waals surface area contributed by atoms with Gasteiger partial charge in [0.2, 0.25) is 5.91 Å². The standard InChI is InChI=1S/C33H34ClFN4O5S2/c1-2-43-31-17-28-26(16-29(31)39-32(40)9-4-3-8-25-12-13-45-46(25,41)42)33(22(18-36)19-37-28)38-24-10-11-30(27(34)15-24)44-20-21-6-5-7-23(35)14-21/h5-7,10-11,14-17,19,25,41-42H,2-4,8-9,12-13,20H2,1H3,(H,37,38)(H,39,40). The molecule has 4 N–H and O–H groups in total. The van der Waals surface area contributed by atoms with Crippen LogP contribution in [0, 0.1) is 17.1 Å². The molecule has 0 saturated carbocycles. The lowest BCUT2D eigenvalue weighted by molar-refractivity contribution is -0.116. The number of nitrogens with one attached hydrogen (secondary N) is 2. The highest BCUT2D eigenvalue weighted by Crippen LogP contribution is 2.64. The van der Waals surface area contributed by atoms with Crippen molar-refractivity contribution in [3.63, 3.8) is 0 Å². The molecular weight excluding hydrogens is 651 g/mol. The molecule has 2 heterocycles. The molecule has 1 aliphatic heterocycles. The molecule has 4 aromatic rings. The number of anilines is 3. The first kappa shape index (κ1) is 33.6. The zero-order valence-electron chi connectivity index (χ0n) is 25.1. The summed E-state index contributed by atoms with van der Waals surface area (Å²) in [5, 5.41) is 16.9. The monoisotopic (exact) mass is 684 g/mol. The van der Waals surface area contributed by atoms with Crippen LogP contribution in [0.4, 0.5) is 21.5 Å². The van der Waals surface area contributed by atoms with E-state index < -0.39 is 9.62 Å². The number of nitrogens with zero attached hydrogens (tertiary/aromatic N) is 2. The van der Waals surface area contributed by atoms with Crippen molar-refractivity contribution in [1.82, 2.24) is 4.98 Å². The van der Waals surface area contributed by atoms with Crippen LogP contribution in [0.15, 0.2) is 60.8 Å². The molecule has 1 aliphatic rings. The highest BCUT2D eigenvalue weighted by Gasteiger charge is 2.32. The minimum Gasteiger partial charge on any atom is -0.492 e. The first-order valence-corrected chi connectivity index (χ1v) is 18.3. The zero-order chi connectivity index (χ0) is 32.7. The number of hydrogen-bond acceptors (Lipinski definition) is 9. The summed E-state index contributed by atoms with van der Waals surface area (Å²) in [6, 6.07) is 16.9. The summed E-state index contributed by atoms with van der Waals surface area (Å²) < 4.78 is 45.4. The number of carbonyl (C=O) groups excluding carboxylic acids is 1. The zero-order valence-corrected chi connectivity index (χ0v) is 27.5. The molecule has 1 amide bonds. The van der Waals surface area contributed by atoms with Crippen LogP contribution in [0.3, 0.4) is 0 Å². The Hall–Kier alpha value is -3.73. The van der Waals surface area contributed by atoms with Gasteiger partial charge in [-0.3, -0.25) is 18.9 Å². The van der Waals surface area contributed by atoms with Crippen LogP contribution in [0.5, 0.6) is 11.5 Å². The van der Waals surface area contributed by atoms with E-state index in [1.807, 2.05) is 6.92 Å². The molecular formula is C33H34ClFN4O5S2. The molecule has 242 valence electrons. The van der Waals surface area contributed by atoms with E-state index in [0.717, 1.165) is 12.2 Å². The lowest BCUT2D eigenvalue weighted by Gasteiger charge is -2.32. The number of benzene rings is 3. The molecule has 1 saturated heterocycles. The summed E-state index contributed by atoms with van der Waals surface area (Å²) in [5.41, 5.74) is 3.01. The van der Waals surface area contributed by atoms with Crippen molar-refractivity contribution in [3.8, 4) is 17.6 Å². The molecule has 1 aromatic heterocycles. The van der Waals surface area contributed by atoms with Gasteiger partial charge in [-0.15, -0.1) is 9.62 Å². The van der Waals surface area contributed by atoms with Crippen LogP contribution in [0.2, 0.25) is 5.02 Å². The van der Waals surface area contributed by atoms with Gasteiger partial charge >= 0.3 is 0 Å². The number of hydrogen-bond donors (Lipinski definition) is 4. The number of halogens is 2. The summed E-state index contributed by atoms with van der Waals surface area (Å²) in [5.74, 6) is 1.06. The van der Waals surface area contributed by atoms with Gasteiger partial charge in [0.05, 0.1) is 39.3 Å². The molecule has 46 heavy (non-hydrogen) atoms. The number of fused-ring (bicyclic) bond motifs is 1. The van der Waals surface area contributed by atoms with Crippen molar-refractivity contribution in [2.75, 3.05) is 23.0 Å². The Morgan fingerprint density at radius 3 is 2.74 bits per heavy atom. The second-order valence-electron chi connectivity index (χ2n) is 10.7. The predicted molar refractivity (Wildman–Crippen MR) is 184 cm³/mol. The second-order valence-corrected chi connectivity index (χ2v) is 15.7. The molecule has 5 rings (SSSR count). The van der Waals surface area contributed by atoms with Gasteiger partial charge < -0.3 is 20.1 Å². The Morgan fingerprint density at radius 1 is 1.17 bits per heavy atom. The van der Waals surface area contributed by atoms with Crippen molar-refractivity contribution in [2.24, 2.45) is 0 Å². The number of rotatable bonds is 13. The molecule has 1 fully saturated rings. The third-order valence-electron chi connectivity index (χ3n) is 7.46. The topological polar surface area (TPSA) is 137 Å². The fourth-order valence-corrected chi connectivity index (χ4v) is 9.44. The fraction of sp³-hybridized carbons (Fsp3) is 0.303. The SMILES string of the molecule is CCOc1cc2ncc(C#N)c(Nc3ccc(OCc4cccc(F)c4)c(Cl)c3)c2cc1NC(=O)CCCCC1CCSS1(O)O. The van der Waals surface area contributed by atoms with Crippen molar-refractivity contribution >= 4 is 65.9 Å². The number of pyridine rings is 1. The maximum absolute atomic E-state index is 13.5. The van der Waals surface area contributed by atoms with Crippen LogP contribution in [0.1, 0.15) is 50.2 Å². The Labute approximate surface area is 277 Å². The summed E-state index contributed by atoms with van der Waals surface area (Å²) in [6.07, 6.45) is 4.50. The average molecular weight is 685 g/mol. The van der Waals surface area contributed by atoms with E-state index in [9.17, 15) is 23.6 Å². The second kappa shape index (κ2) is 15.2. The van der Waals surface area contributed by atoms with E-state index in [-0.39, 0.29) is 35.6 Å². The van der Waals surface area contributed by atoms with Crippen LogP contribution in [-0.2, 0) is 11.4 Å². The normalized spacial score (nSPS) is 16.0. The Bertz CT molecular complexity index is 1770. The van der Waals surface area contributed by atoms with Crippen molar-refractivity contribution in [3.05, 3.63) is 82.8 Å². The highest BCUT2D eigenvalue weighted by atomic mass is 35.5. The van der Waals surface area contributed by atoms with Gasteiger partial charge in [-0.2, -0.15) is 5.26 Å². The number of aromatic nitrogens is 1. The lowest BCUT2D eigenvalue weighted by atomic mass is 10.1. The Morgan fingerprint density at radius 2 is 2.02 bits per heavy atom. The van der Waals surface area contributed by atoms with Gasteiger partial charge in [-0.05, 0) is 78.9 Å². The maximum Gasteiger partial charge on any atom is 0.224 e. The molecule has 1 unspecified atom stereocenters. The minimum atomic E-state index is -2.58. The summed E-state index contributed by atoms with van der Waals surface area (Å²) in [4.78, 5) is 17.4. The highest BCUT2D eigenvalue weighted by molar-refractivity contribution is 8.90. The number of nitriles is 1. The molecule has 3 aromatic carbocycles. The number of amides is 1. The number of unbranched alkanes of at least 4 members (excludes halogenated alkanes) is 1. The predicted octanol–water partition coefficient (Wildman–Crippen LogP) is 9.29. The quantitative estimate of drug-likeness (QED) is 0.0802. The van der Waals surface area contributed by atoms with Gasteiger partial charge in [-0.1, -0.05) is 30.2 Å². The van der Waals surface area contributed by atoms with Crippen molar-refractivity contribution < 1.29 is 27.8 Å². The first-order valence-electron chi connectivity index (χ1n) is 14.8. The Balaban J connectivity index is 1.32. The first-order chi connectivity index (χ1) is 22.2. The van der Waals surface area contributed by atoms with Crippen LogP contribution in [0.25, 0.3) is 10.9 Å². The van der Waals surface area contributed by atoms with Gasteiger partial charge in [0.25, 0.3) is 0 Å². The molecule has 0 aliphatic carbocycles. The maximum atomic E-state index is 13.5. The van der Waals surface area contributed by atoms with Gasteiger partial charge in [-0.25, -0.2) is 4.39 Å². The van der Waals surface area contributed by atoms with E-state index in [1.165, 1.54) is 29.1 Å². The molecule has 0 bridgehead atoms. The number of ether oxygens (including phenoxy) is 2. The summed E-state index contributed by atoms with van der Waals surface area (Å²) >= 11 is 6.52. The van der Waals surface area contributed by atoms with E-state index in [0.29, 0.717) is 75.9 Å². The molecule has 1 atom stereocenters. The summed E-state index contributed by atoms with van der Waals surface area (Å²) in [6.45, 7) is 2.35. The average Bonchev–Trinajstić information content (AvgIpc) is 3.37. The molecule has 9 nitrogen and oxygen atoms in total. The fourth-order valence-electron chi connectivity index (χ4n) is 5.16.